The van der Waals surface area contributed by atoms with E-state index in [4.69, 9.17) is 0 Å². The largest absolute Gasteiger partial charge is 0.354 e. The highest BCUT2D eigenvalue weighted by molar-refractivity contribution is 6.04. The minimum absolute atomic E-state index is 0.223. The summed E-state index contributed by atoms with van der Waals surface area (Å²) >= 11 is 0. The SMILES string of the molecule is Cc1ccc(Cn2cc(C(=O)Nc3c[nH]c(=O)c(-c4cc5cc(CN6CCCCC6)ccc5[nH]4)c3)cn2)cc1. The third-order valence-electron chi connectivity index (χ3n) is 7.35. The lowest BCUT2D eigenvalue weighted by Gasteiger charge is -2.26. The minimum Gasteiger partial charge on any atom is -0.354 e. The predicted octanol–water partition coefficient (Wildman–Crippen LogP) is 5.31. The zero-order valence-electron chi connectivity index (χ0n) is 22.0. The zero-order chi connectivity index (χ0) is 26.8. The highest BCUT2D eigenvalue weighted by Crippen LogP contribution is 2.25. The topological polar surface area (TPSA) is 98.8 Å². The summed E-state index contributed by atoms with van der Waals surface area (Å²) in [4.78, 5) is 34.3. The van der Waals surface area contributed by atoms with E-state index in [0.29, 0.717) is 29.1 Å². The molecule has 8 nitrogen and oxygen atoms in total. The average Bonchev–Trinajstić information content (AvgIpc) is 3.59. The average molecular weight is 521 g/mol. The van der Waals surface area contributed by atoms with Crippen molar-refractivity contribution in [2.24, 2.45) is 0 Å². The van der Waals surface area contributed by atoms with Crippen LogP contribution < -0.4 is 10.9 Å². The number of nitrogens with one attached hydrogen (secondary N) is 3. The number of hydrogen-bond donors (Lipinski definition) is 3. The van der Waals surface area contributed by atoms with Crippen molar-refractivity contribution in [1.29, 1.82) is 0 Å². The fourth-order valence-corrected chi connectivity index (χ4v) is 5.21. The molecule has 5 aromatic rings. The van der Waals surface area contributed by atoms with E-state index in [1.807, 2.05) is 13.0 Å². The molecule has 3 N–H and O–H groups in total. The van der Waals surface area contributed by atoms with E-state index in [-0.39, 0.29) is 11.5 Å². The Morgan fingerprint density at radius 1 is 0.974 bits per heavy atom. The number of rotatable bonds is 7. The van der Waals surface area contributed by atoms with Crippen LogP contribution in [0.25, 0.3) is 22.2 Å². The Morgan fingerprint density at radius 2 is 1.77 bits per heavy atom. The van der Waals surface area contributed by atoms with Crippen LogP contribution >= 0.6 is 0 Å². The number of aromatic nitrogens is 4. The van der Waals surface area contributed by atoms with E-state index in [2.05, 4.69) is 67.7 Å². The lowest BCUT2D eigenvalue weighted by Crippen LogP contribution is -2.28. The standard InChI is InChI=1S/C31H32N6O2/c1-21-5-7-22(8-6-21)19-37-20-25(16-33-37)30(38)34-26-15-27(31(39)32-17-26)29-14-24-13-23(9-10-28(24)35-29)18-36-11-3-2-4-12-36/h5-10,13-17,20,35H,2-4,11-12,18-19H2,1H3,(H,32,39)(H,34,38). The summed E-state index contributed by atoms with van der Waals surface area (Å²) in [6, 6.07) is 18.3. The number of fused-ring (bicyclic) bond motifs is 1. The molecule has 0 aliphatic carbocycles. The number of carbonyl (C=O) groups excluding carboxylic acids is 1. The number of hydrogen-bond acceptors (Lipinski definition) is 4. The van der Waals surface area contributed by atoms with Gasteiger partial charge in [-0.1, -0.05) is 42.3 Å². The molecule has 1 amide bonds. The van der Waals surface area contributed by atoms with Crippen LogP contribution in [0.4, 0.5) is 5.69 Å². The normalized spacial score (nSPS) is 14.1. The molecule has 0 bridgehead atoms. The number of H-pyrrole nitrogens is 2. The van der Waals surface area contributed by atoms with Gasteiger partial charge in [-0.05, 0) is 68.2 Å². The Kier molecular flexibility index (Phi) is 6.85. The first kappa shape index (κ1) is 24.9. The minimum atomic E-state index is -0.290. The van der Waals surface area contributed by atoms with E-state index in [1.54, 1.807) is 23.1 Å². The van der Waals surface area contributed by atoms with Crippen molar-refractivity contribution in [2.45, 2.75) is 39.3 Å². The number of carbonyl (C=O) groups is 1. The van der Waals surface area contributed by atoms with Gasteiger partial charge < -0.3 is 15.3 Å². The molecule has 0 atom stereocenters. The summed E-state index contributed by atoms with van der Waals surface area (Å²) < 4.78 is 1.74. The number of anilines is 1. The number of likely N-dealkylation sites (tertiary alicyclic amines) is 1. The first-order valence-corrected chi connectivity index (χ1v) is 13.5. The molecule has 198 valence electrons. The fraction of sp³-hybridized carbons (Fsp3) is 0.258. The maximum atomic E-state index is 12.9. The highest BCUT2D eigenvalue weighted by Gasteiger charge is 2.14. The van der Waals surface area contributed by atoms with Crippen molar-refractivity contribution in [1.82, 2.24) is 24.6 Å². The number of pyridine rings is 1. The lowest BCUT2D eigenvalue weighted by atomic mass is 10.1. The zero-order valence-corrected chi connectivity index (χ0v) is 22.0. The van der Waals surface area contributed by atoms with Gasteiger partial charge in [0.25, 0.3) is 11.5 Å². The van der Waals surface area contributed by atoms with Gasteiger partial charge in [-0.2, -0.15) is 5.10 Å². The third-order valence-corrected chi connectivity index (χ3v) is 7.35. The van der Waals surface area contributed by atoms with E-state index in [1.165, 1.54) is 36.6 Å². The maximum Gasteiger partial charge on any atom is 0.258 e. The third kappa shape index (κ3) is 5.71. The molecule has 8 heteroatoms. The van der Waals surface area contributed by atoms with Gasteiger partial charge in [0.2, 0.25) is 0 Å². The molecule has 6 rings (SSSR count). The van der Waals surface area contributed by atoms with Crippen LogP contribution in [0.2, 0.25) is 0 Å². The first-order valence-electron chi connectivity index (χ1n) is 13.5. The molecule has 0 saturated carbocycles. The summed E-state index contributed by atoms with van der Waals surface area (Å²) in [6.07, 6.45) is 8.64. The molecule has 3 aromatic heterocycles. The van der Waals surface area contributed by atoms with Crippen molar-refractivity contribution >= 4 is 22.5 Å². The molecule has 39 heavy (non-hydrogen) atoms. The first-order chi connectivity index (χ1) is 19.0. The van der Waals surface area contributed by atoms with Gasteiger partial charge in [-0.15, -0.1) is 0 Å². The number of aryl methyl sites for hydroxylation is 1. The van der Waals surface area contributed by atoms with Crippen molar-refractivity contribution in [3.05, 3.63) is 106 Å². The van der Waals surface area contributed by atoms with Crippen LogP contribution in [-0.2, 0) is 13.1 Å². The Hall–Kier alpha value is -4.43. The van der Waals surface area contributed by atoms with E-state index >= 15 is 0 Å². The quantitative estimate of drug-likeness (QED) is 0.271. The molecule has 1 saturated heterocycles. The number of nitrogens with zero attached hydrogens (tertiary/aromatic N) is 3. The van der Waals surface area contributed by atoms with Crippen LogP contribution in [0, 0.1) is 6.92 Å². The van der Waals surface area contributed by atoms with E-state index < -0.39 is 0 Å². The van der Waals surface area contributed by atoms with Crippen LogP contribution in [0.15, 0.2) is 78.0 Å². The van der Waals surface area contributed by atoms with Crippen LogP contribution in [0.1, 0.15) is 46.3 Å². The lowest BCUT2D eigenvalue weighted by molar-refractivity contribution is 0.102. The van der Waals surface area contributed by atoms with Crippen LogP contribution in [0.5, 0.6) is 0 Å². The monoisotopic (exact) mass is 520 g/mol. The second kappa shape index (κ2) is 10.7. The molecule has 1 aliphatic rings. The van der Waals surface area contributed by atoms with Crippen LogP contribution in [-0.4, -0.2) is 43.6 Å². The number of aromatic amines is 2. The molecule has 0 unspecified atom stereocenters. The number of piperidine rings is 1. The van der Waals surface area contributed by atoms with Crippen molar-refractivity contribution in [3.8, 4) is 11.3 Å². The fourth-order valence-electron chi connectivity index (χ4n) is 5.21. The number of benzene rings is 2. The molecule has 0 spiro atoms. The Balaban J connectivity index is 1.17. The van der Waals surface area contributed by atoms with Gasteiger partial charge in [0.1, 0.15) is 0 Å². The predicted molar refractivity (Wildman–Crippen MR) is 154 cm³/mol. The second-order valence-electron chi connectivity index (χ2n) is 10.4. The maximum absolute atomic E-state index is 12.9. The van der Waals surface area contributed by atoms with Gasteiger partial charge in [0.15, 0.2) is 0 Å². The Labute approximate surface area is 226 Å². The Bertz CT molecular complexity index is 1670. The van der Waals surface area contributed by atoms with Gasteiger partial charge in [0, 0.05) is 29.8 Å². The molecule has 4 heterocycles. The summed E-state index contributed by atoms with van der Waals surface area (Å²) in [5, 5.41) is 8.28. The summed E-state index contributed by atoms with van der Waals surface area (Å²) in [7, 11) is 0. The molecular weight excluding hydrogens is 488 g/mol. The van der Waals surface area contributed by atoms with Crippen molar-refractivity contribution in [3.63, 3.8) is 0 Å². The van der Waals surface area contributed by atoms with Crippen LogP contribution in [0.3, 0.4) is 0 Å². The van der Waals surface area contributed by atoms with E-state index in [9.17, 15) is 9.59 Å². The van der Waals surface area contributed by atoms with Crippen molar-refractivity contribution < 1.29 is 4.79 Å². The smallest absolute Gasteiger partial charge is 0.258 e. The van der Waals surface area contributed by atoms with Gasteiger partial charge >= 0.3 is 0 Å². The second-order valence-corrected chi connectivity index (χ2v) is 10.4. The number of amides is 1. The molecule has 2 aromatic carbocycles. The molecule has 1 aliphatic heterocycles. The van der Waals surface area contributed by atoms with E-state index in [0.717, 1.165) is 36.1 Å². The molecular formula is C31H32N6O2. The highest BCUT2D eigenvalue weighted by atomic mass is 16.1. The summed E-state index contributed by atoms with van der Waals surface area (Å²) in [5.74, 6) is -0.290. The summed E-state index contributed by atoms with van der Waals surface area (Å²) in [6.45, 7) is 5.87. The summed E-state index contributed by atoms with van der Waals surface area (Å²) in [5.41, 5.74) is 6.46. The van der Waals surface area contributed by atoms with Gasteiger partial charge in [-0.3, -0.25) is 19.2 Å². The van der Waals surface area contributed by atoms with Crippen molar-refractivity contribution in [2.75, 3.05) is 18.4 Å². The molecule has 1 fully saturated rings. The Morgan fingerprint density at radius 3 is 2.59 bits per heavy atom. The molecule has 0 radical (unpaired) electrons. The van der Waals surface area contributed by atoms with Gasteiger partial charge in [0.05, 0.1) is 35.2 Å². The van der Waals surface area contributed by atoms with Gasteiger partial charge in [-0.25, -0.2) is 0 Å².